The van der Waals surface area contributed by atoms with Gasteiger partial charge in [-0.05, 0) is 48.9 Å². The highest BCUT2D eigenvalue weighted by Gasteiger charge is 2.26. The molecule has 5 rings (SSSR count). The molecule has 1 fully saturated rings. The van der Waals surface area contributed by atoms with Gasteiger partial charge in [0.25, 0.3) is 5.91 Å². The Morgan fingerprint density at radius 3 is 2.57 bits per heavy atom. The zero-order chi connectivity index (χ0) is 25.6. The molecule has 0 spiro atoms. The van der Waals surface area contributed by atoms with Gasteiger partial charge in [0.15, 0.2) is 17.3 Å². The summed E-state index contributed by atoms with van der Waals surface area (Å²) < 4.78 is 27.5. The van der Waals surface area contributed by atoms with Crippen LogP contribution in [0.4, 0.5) is 0 Å². The highest BCUT2D eigenvalue weighted by molar-refractivity contribution is 5.94. The van der Waals surface area contributed by atoms with Gasteiger partial charge in [-0.25, -0.2) is 0 Å². The van der Waals surface area contributed by atoms with Crippen molar-refractivity contribution >= 4 is 11.8 Å². The number of hydrogen-bond donors (Lipinski definition) is 0. The maximum Gasteiger partial charge on any atom is 0.290 e. The van der Waals surface area contributed by atoms with Crippen LogP contribution >= 0.6 is 0 Å². The van der Waals surface area contributed by atoms with E-state index < -0.39 is 0 Å². The van der Waals surface area contributed by atoms with Crippen molar-refractivity contribution in [3.63, 3.8) is 0 Å². The van der Waals surface area contributed by atoms with Gasteiger partial charge in [-0.3, -0.25) is 14.5 Å². The Labute approximate surface area is 215 Å². The molecule has 10 nitrogen and oxygen atoms in total. The molecule has 2 amide bonds. The van der Waals surface area contributed by atoms with Crippen LogP contribution in [0.25, 0.3) is 0 Å². The molecule has 1 aromatic carbocycles. The Morgan fingerprint density at radius 2 is 1.81 bits per heavy atom. The number of carbonyl (C=O) groups is 2. The number of furan rings is 2. The van der Waals surface area contributed by atoms with Crippen molar-refractivity contribution in [2.75, 3.05) is 52.7 Å². The second kappa shape index (κ2) is 11.5. The summed E-state index contributed by atoms with van der Waals surface area (Å²) in [7, 11) is 0. The molecule has 0 atom stereocenters. The standard InChI is InChI=1S/C27H31N3O7/c1-20-4-6-22(37-20)17-30(16-21-5-7-23-25(15-21)36-19-35-23)26(31)18-29(27(32)24-3-2-12-34-24)9-8-28-10-13-33-14-11-28/h2-7,12,15H,8-11,13-14,16-19H2,1H3. The van der Waals surface area contributed by atoms with Gasteiger partial charge in [0.2, 0.25) is 12.7 Å². The molecule has 1 saturated heterocycles. The van der Waals surface area contributed by atoms with Gasteiger partial charge in [-0.1, -0.05) is 6.07 Å². The van der Waals surface area contributed by atoms with Crippen molar-refractivity contribution in [2.45, 2.75) is 20.0 Å². The van der Waals surface area contributed by atoms with Gasteiger partial charge in [-0.2, -0.15) is 0 Å². The van der Waals surface area contributed by atoms with Gasteiger partial charge in [0.05, 0.1) is 26.0 Å². The third-order valence-electron chi connectivity index (χ3n) is 6.44. The van der Waals surface area contributed by atoms with E-state index in [4.69, 9.17) is 23.0 Å². The van der Waals surface area contributed by atoms with Crippen LogP contribution in [0.5, 0.6) is 11.5 Å². The maximum absolute atomic E-state index is 13.7. The molecule has 0 saturated carbocycles. The number of morpholine rings is 1. The topological polar surface area (TPSA) is 97.8 Å². The Kier molecular flexibility index (Phi) is 7.76. The van der Waals surface area contributed by atoms with Crippen LogP contribution in [-0.2, 0) is 22.6 Å². The van der Waals surface area contributed by atoms with Crippen LogP contribution in [0.15, 0.2) is 57.6 Å². The molecule has 2 aromatic heterocycles. The van der Waals surface area contributed by atoms with Crippen LogP contribution in [0.3, 0.4) is 0 Å². The van der Waals surface area contributed by atoms with Crippen LogP contribution in [0, 0.1) is 6.92 Å². The summed E-state index contributed by atoms with van der Waals surface area (Å²) in [6.45, 7) is 6.50. The fourth-order valence-electron chi connectivity index (χ4n) is 4.41. The monoisotopic (exact) mass is 509 g/mol. The lowest BCUT2D eigenvalue weighted by Gasteiger charge is -2.31. The van der Waals surface area contributed by atoms with Crippen molar-refractivity contribution in [1.82, 2.24) is 14.7 Å². The lowest BCUT2D eigenvalue weighted by atomic mass is 10.1. The first-order chi connectivity index (χ1) is 18.0. The first-order valence-electron chi connectivity index (χ1n) is 12.4. The molecule has 0 bridgehead atoms. The molecule has 0 N–H and O–H groups in total. The summed E-state index contributed by atoms with van der Waals surface area (Å²) in [5.41, 5.74) is 0.887. The number of ether oxygens (including phenoxy) is 3. The summed E-state index contributed by atoms with van der Waals surface area (Å²) in [4.78, 5) is 32.4. The molecule has 4 heterocycles. The van der Waals surface area contributed by atoms with Crippen LogP contribution in [0.1, 0.15) is 27.6 Å². The number of aryl methyl sites for hydroxylation is 1. The second-order valence-corrected chi connectivity index (χ2v) is 9.11. The molecule has 0 unspecified atom stereocenters. The Bertz CT molecular complexity index is 1200. The number of nitrogens with zero attached hydrogens (tertiary/aromatic N) is 3. The maximum atomic E-state index is 13.7. The molecule has 37 heavy (non-hydrogen) atoms. The van der Waals surface area contributed by atoms with Crippen molar-refractivity contribution in [2.24, 2.45) is 0 Å². The fraction of sp³-hybridized carbons (Fsp3) is 0.407. The van der Waals surface area contributed by atoms with Crippen molar-refractivity contribution in [1.29, 1.82) is 0 Å². The predicted molar refractivity (Wildman–Crippen MR) is 132 cm³/mol. The van der Waals surface area contributed by atoms with E-state index in [1.807, 2.05) is 37.3 Å². The van der Waals surface area contributed by atoms with Gasteiger partial charge < -0.3 is 32.8 Å². The average Bonchev–Trinajstić information content (AvgIpc) is 3.68. The number of amides is 2. The number of carbonyl (C=O) groups excluding carboxylic acids is 2. The smallest absolute Gasteiger partial charge is 0.290 e. The molecular formula is C27H31N3O7. The molecule has 10 heteroatoms. The minimum atomic E-state index is -0.316. The molecule has 0 radical (unpaired) electrons. The highest BCUT2D eigenvalue weighted by Crippen LogP contribution is 2.33. The Balaban J connectivity index is 1.33. The van der Waals surface area contributed by atoms with Crippen LogP contribution in [0.2, 0.25) is 0 Å². The zero-order valence-corrected chi connectivity index (χ0v) is 20.9. The summed E-state index contributed by atoms with van der Waals surface area (Å²) in [6.07, 6.45) is 1.46. The van der Waals surface area contributed by atoms with Gasteiger partial charge in [0, 0.05) is 32.7 Å². The van der Waals surface area contributed by atoms with E-state index in [-0.39, 0.29) is 37.5 Å². The highest BCUT2D eigenvalue weighted by atomic mass is 16.7. The van der Waals surface area contributed by atoms with Crippen molar-refractivity contribution < 1.29 is 32.6 Å². The Hall–Kier alpha value is -3.76. The van der Waals surface area contributed by atoms with Crippen LogP contribution < -0.4 is 9.47 Å². The zero-order valence-electron chi connectivity index (χ0n) is 20.9. The molecule has 2 aliphatic rings. The van der Waals surface area contributed by atoms with E-state index in [9.17, 15) is 9.59 Å². The summed E-state index contributed by atoms with van der Waals surface area (Å²) in [5.74, 6) is 2.46. The van der Waals surface area contributed by atoms with Crippen molar-refractivity contribution in [3.8, 4) is 11.5 Å². The summed E-state index contributed by atoms with van der Waals surface area (Å²) >= 11 is 0. The van der Waals surface area contributed by atoms with Gasteiger partial charge >= 0.3 is 0 Å². The largest absolute Gasteiger partial charge is 0.464 e. The average molecular weight is 510 g/mol. The number of rotatable bonds is 10. The normalized spacial score (nSPS) is 15.1. The number of fused-ring (bicyclic) bond motifs is 1. The van der Waals surface area contributed by atoms with E-state index >= 15 is 0 Å². The molecule has 3 aromatic rings. The first kappa shape index (κ1) is 24.9. The van der Waals surface area contributed by atoms with E-state index in [1.165, 1.54) is 6.26 Å². The van der Waals surface area contributed by atoms with Gasteiger partial charge in [0.1, 0.15) is 18.1 Å². The predicted octanol–water partition coefficient (Wildman–Crippen LogP) is 2.91. The van der Waals surface area contributed by atoms with Crippen molar-refractivity contribution in [3.05, 3.63) is 71.6 Å². The lowest BCUT2D eigenvalue weighted by Crippen LogP contribution is -2.47. The van der Waals surface area contributed by atoms with E-state index in [2.05, 4.69) is 4.90 Å². The van der Waals surface area contributed by atoms with E-state index in [0.717, 1.165) is 24.4 Å². The number of hydrogen-bond acceptors (Lipinski definition) is 8. The van der Waals surface area contributed by atoms with Crippen LogP contribution in [-0.4, -0.2) is 79.2 Å². The third kappa shape index (κ3) is 6.33. The quantitative estimate of drug-likeness (QED) is 0.412. The van der Waals surface area contributed by atoms with Gasteiger partial charge in [-0.15, -0.1) is 0 Å². The molecule has 0 aliphatic carbocycles. The third-order valence-corrected chi connectivity index (χ3v) is 6.44. The van der Waals surface area contributed by atoms with E-state index in [1.54, 1.807) is 21.9 Å². The minimum Gasteiger partial charge on any atom is -0.464 e. The van der Waals surface area contributed by atoms with E-state index in [0.29, 0.717) is 50.1 Å². The molecule has 2 aliphatic heterocycles. The lowest BCUT2D eigenvalue weighted by molar-refractivity contribution is -0.133. The number of benzene rings is 1. The second-order valence-electron chi connectivity index (χ2n) is 9.11. The Morgan fingerprint density at radius 1 is 0.973 bits per heavy atom. The first-order valence-corrected chi connectivity index (χ1v) is 12.4. The minimum absolute atomic E-state index is 0.0892. The fourth-order valence-corrected chi connectivity index (χ4v) is 4.41. The SMILES string of the molecule is Cc1ccc(CN(Cc2ccc3c(c2)OCO3)C(=O)CN(CCN2CCOCC2)C(=O)c2ccco2)o1. The molecular weight excluding hydrogens is 478 g/mol. The summed E-state index contributed by atoms with van der Waals surface area (Å²) in [5, 5.41) is 0. The molecule has 196 valence electrons. The summed E-state index contributed by atoms with van der Waals surface area (Å²) in [6, 6.07) is 12.6.